The van der Waals surface area contributed by atoms with Crippen molar-refractivity contribution in [2.45, 2.75) is 31.8 Å². The number of halogens is 2. The Hall–Kier alpha value is -2.24. The van der Waals surface area contributed by atoms with Gasteiger partial charge < -0.3 is 10.1 Å². The van der Waals surface area contributed by atoms with Crippen molar-refractivity contribution in [1.82, 2.24) is 5.32 Å². The lowest BCUT2D eigenvalue weighted by Gasteiger charge is -2.27. The summed E-state index contributed by atoms with van der Waals surface area (Å²) in [4.78, 5) is 23.9. The molecule has 1 aromatic carbocycles. The number of rotatable bonds is 1. The molecule has 1 N–H and O–H groups in total. The van der Waals surface area contributed by atoms with Crippen LogP contribution < -0.4 is 5.32 Å². The fraction of sp³-hybridized carbons (Fsp3) is 0.333. The maximum atomic E-state index is 14.0. The average Bonchev–Trinajstić information content (AvgIpc) is 2.59. The minimum absolute atomic E-state index is 0.0768. The van der Waals surface area contributed by atoms with Crippen LogP contribution in [0.15, 0.2) is 29.5 Å². The molecule has 0 aliphatic carbocycles. The zero-order valence-corrected chi connectivity index (χ0v) is 11.5. The molecule has 1 amide bonds. The van der Waals surface area contributed by atoms with Gasteiger partial charge in [-0.3, -0.25) is 4.79 Å². The second-order valence-electron chi connectivity index (χ2n) is 5.66. The highest BCUT2D eigenvalue weighted by molar-refractivity contribution is 5.99. The number of cyclic esters (lactones) is 1. The van der Waals surface area contributed by atoms with E-state index in [1.165, 1.54) is 6.07 Å². The summed E-state index contributed by atoms with van der Waals surface area (Å²) < 4.78 is 32.3. The third kappa shape index (κ3) is 2.11. The molecule has 2 aliphatic heterocycles. The Morgan fingerprint density at radius 2 is 2.00 bits per heavy atom. The SMILES string of the molecule is CC1(C)OC(=O)C2=C1NC(=O)CC2c1ccc(F)cc1F. The van der Waals surface area contributed by atoms with Gasteiger partial charge in [-0.25, -0.2) is 13.6 Å². The molecule has 0 fully saturated rings. The van der Waals surface area contributed by atoms with Crippen LogP contribution in [0.3, 0.4) is 0 Å². The molecular weight excluding hydrogens is 280 g/mol. The summed E-state index contributed by atoms with van der Waals surface area (Å²) in [7, 11) is 0. The number of hydrogen-bond acceptors (Lipinski definition) is 3. The van der Waals surface area contributed by atoms with Gasteiger partial charge in [0.1, 0.15) is 17.2 Å². The summed E-state index contributed by atoms with van der Waals surface area (Å²) in [6.07, 6.45) is -0.0768. The number of nitrogens with one attached hydrogen (secondary N) is 1. The van der Waals surface area contributed by atoms with E-state index in [1.54, 1.807) is 13.8 Å². The van der Waals surface area contributed by atoms with E-state index >= 15 is 0 Å². The smallest absolute Gasteiger partial charge is 0.337 e. The van der Waals surface area contributed by atoms with Gasteiger partial charge in [0.05, 0.1) is 11.3 Å². The van der Waals surface area contributed by atoms with Crippen LogP contribution >= 0.6 is 0 Å². The van der Waals surface area contributed by atoms with Crippen molar-refractivity contribution in [1.29, 1.82) is 0 Å². The minimum Gasteiger partial charge on any atom is -0.450 e. The zero-order valence-electron chi connectivity index (χ0n) is 11.5. The predicted molar refractivity (Wildman–Crippen MR) is 69.1 cm³/mol. The molecule has 0 aromatic heterocycles. The molecule has 4 nitrogen and oxygen atoms in total. The van der Waals surface area contributed by atoms with E-state index in [0.717, 1.165) is 12.1 Å². The van der Waals surface area contributed by atoms with Gasteiger partial charge in [-0.05, 0) is 25.5 Å². The Bertz CT molecular complexity index is 694. The molecular formula is C15H13F2NO3. The maximum Gasteiger partial charge on any atom is 0.337 e. The predicted octanol–water partition coefficient (Wildman–Crippen LogP) is 2.16. The molecule has 110 valence electrons. The van der Waals surface area contributed by atoms with Gasteiger partial charge in [0.2, 0.25) is 5.91 Å². The van der Waals surface area contributed by atoms with Crippen molar-refractivity contribution in [2.75, 3.05) is 0 Å². The lowest BCUT2D eigenvalue weighted by molar-refractivity contribution is -0.144. The second-order valence-corrected chi connectivity index (χ2v) is 5.66. The molecule has 2 heterocycles. The van der Waals surface area contributed by atoms with E-state index in [0.29, 0.717) is 5.70 Å². The summed E-state index contributed by atoms with van der Waals surface area (Å²) in [5.41, 5.74) is -0.243. The number of carbonyl (C=O) groups is 2. The summed E-state index contributed by atoms with van der Waals surface area (Å²) >= 11 is 0. The fourth-order valence-electron chi connectivity index (χ4n) is 2.83. The lowest BCUT2D eigenvalue weighted by atomic mass is 9.82. The number of carbonyl (C=O) groups excluding carboxylic acids is 2. The van der Waals surface area contributed by atoms with E-state index in [2.05, 4.69) is 5.32 Å². The summed E-state index contributed by atoms with van der Waals surface area (Å²) in [6.45, 7) is 3.30. The Balaban J connectivity index is 2.15. The third-order valence-corrected chi connectivity index (χ3v) is 3.78. The number of esters is 1. The van der Waals surface area contributed by atoms with E-state index in [-0.39, 0.29) is 23.5 Å². The maximum absolute atomic E-state index is 14.0. The molecule has 0 saturated heterocycles. The van der Waals surface area contributed by atoms with E-state index < -0.39 is 29.1 Å². The van der Waals surface area contributed by atoms with Gasteiger partial charge in [0.25, 0.3) is 0 Å². The van der Waals surface area contributed by atoms with E-state index in [4.69, 9.17) is 4.74 Å². The zero-order chi connectivity index (χ0) is 15.4. The van der Waals surface area contributed by atoms with Crippen LogP contribution in [0.1, 0.15) is 31.7 Å². The second kappa shape index (κ2) is 4.38. The first kappa shape index (κ1) is 13.7. The molecule has 0 bridgehead atoms. The van der Waals surface area contributed by atoms with Crippen LogP contribution in [-0.4, -0.2) is 17.5 Å². The van der Waals surface area contributed by atoms with Gasteiger partial charge in [-0.1, -0.05) is 6.07 Å². The van der Waals surface area contributed by atoms with Crippen LogP contribution in [0.4, 0.5) is 8.78 Å². The fourth-order valence-corrected chi connectivity index (χ4v) is 2.83. The first-order valence-corrected chi connectivity index (χ1v) is 6.52. The van der Waals surface area contributed by atoms with Crippen LogP contribution in [-0.2, 0) is 14.3 Å². The molecule has 0 saturated carbocycles. The highest BCUT2D eigenvalue weighted by Crippen LogP contribution is 2.43. The van der Waals surface area contributed by atoms with E-state index in [9.17, 15) is 18.4 Å². The largest absolute Gasteiger partial charge is 0.450 e. The first-order valence-electron chi connectivity index (χ1n) is 6.52. The van der Waals surface area contributed by atoms with Crippen molar-refractivity contribution in [3.8, 4) is 0 Å². The minimum atomic E-state index is -0.961. The van der Waals surface area contributed by atoms with Crippen LogP contribution in [0.25, 0.3) is 0 Å². The van der Waals surface area contributed by atoms with Gasteiger partial charge in [-0.2, -0.15) is 0 Å². The number of amides is 1. The summed E-state index contributed by atoms with van der Waals surface area (Å²) in [5, 5.41) is 2.63. The summed E-state index contributed by atoms with van der Waals surface area (Å²) in [5.74, 6) is -3.15. The first-order chi connectivity index (χ1) is 9.79. The molecule has 2 aliphatic rings. The van der Waals surface area contributed by atoms with Gasteiger partial charge in [0.15, 0.2) is 0 Å². The molecule has 21 heavy (non-hydrogen) atoms. The van der Waals surface area contributed by atoms with Gasteiger partial charge >= 0.3 is 5.97 Å². The van der Waals surface area contributed by atoms with Gasteiger partial charge in [-0.15, -0.1) is 0 Å². The Kier molecular flexibility index (Phi) is 2.86. The number of benzene rings is 1. The molecule has 0 spiro atoms. The molecule has 0 radical (unpaired) electrons. The Morgan fingerprint density at radius 3 is 2.67 bits per heavy atom. The highest BCUT2D eigenvalue weighted by atomic mass is 19.1. The Labute approximate surface area is 119 Å². The lowest BCUT2D eigenvalue weighted by Crippen LogP contribution is -2.38. The average molecular weight is 293 g/mol. The highest BCUT2D eigenvalue weighted by Gasteiger charge is 2.48. The van der Waals surface area contributed by atoms with E-state index in [1.807, 2.05) is 0 Å². The third-order valence-electron chi connectivity index (χ3n) is 3.78. The van der Waals surface area contributed by atoms with Crippen molar-refractivity contribution < 1.29 is 23.1 Å². The quantitative estimate of drug-likeness (QED) is 0.807. The van der Waals surface area contributed by atoms with Crippen molar-refractivity contribution in [2.24, 2.45) is 0 Å². The molecule has 1 unspecified atom stereocenters. The number of ether oxygens (including phenoxy) is 1. The van der Waals surface area contributed by atoms with Crippen molar-refractivity contribution in [3.05, 3.63) is 46.7 Å². The van der Waals surface area contributed by atoms with Crippen LogP contribution in [0, 0.1) is 11.6 Å². The standard InChI is InChI=1S/C15H13F2NO3/c1-15(2)13-12(14(20)21-15)9(6-11(19)18-13)8-4-3-7(16)5-10(8)17/h3-5,9H,6H2,1-2H3,(H,18,19). The normalized spacial score (nSPS) is 23.7. The topological polar surface area (TPSA) is 55.4 Å². The Morgan fingerprint density at radius 1 is 1.29 bits per heavy atom. The summed E-state index contributed by atoms with van der Waals surface area (Å²) in [6, 6.07) is 3.11. The van der Waals surface area contributed by atoms with Crippen molar-refractivity contribution >= 4 is 11.9 Å². The van der Waals surface area contributed by atoms with Crippen LogP contribution in [0.2, 0.25) is 0 Å². The molecule has 3 rings (SSSR count). The molecule has 1 aromatic rings. The monoisotopic (exact) mass is 293 g/mol. The molecule has 6 heteroatoms. The molecule has 1 atom stereocenters. The number of hydrogen-bond donors (Lipinski definition) is 1. The van der Waals surface area contributed by atoms with Gasteiger partial charge in [0, 0.05) is 18.4 Å². The van der Waals surface area contributed by atoms with Crippen LogP contribution in [0.5, 0.6) is 0 Å². The van der Waals surface area contributed by atoms with Crippen molar-refractivity contribution in [3.63, 3.8) is 0 Å².